The van der Waals surface area contributed by atoms with Gasteiger partial charge in [-0.15, -0.1) is 12.4 Å². The summed E-state index contributed by atoms with van der Waals surface area (Å²) in [7, 11) is 0. The topological polar surface area (TPSA) is 66.0 Å². The number of benzene rings is 1. The molecule has 1 aromatic heterocycles. The van der Waals surface area contributed by atoms with Gasteiger partial charge in [-0.3, -0.25) is 9.69 Å². The van der Waals surface area contributed by atoms with Crippen molar-refractivity contribution in [3.05, 3.63) is 53.0 Å². The summed E-state index contributed by atoms with van der Waals surface area (Å²) >= 11 is 0. The Hall–Kier alpha value is -2.87. The van der Waals surface area contributed by atoms with Gasteiger partial charge in [-0.2, -0.15) is 0 Å². The van der Waals surface area contributed by atoms with Crippen LogP contribution >= 0.6 is 12.4 Å². The maximum Gasteiger partial charge on any atom is 0.414 e. The zero-order valence-electron chi connectivity index (χ0n) is 17.8. The van der Waals surface area contributed by atoms with Gasteiger partial charge in [0.25, 0.3) is 5.91 Å². The Morgan fingerprint density at radius 3 is 2.45 bits per heavy atom. The SMILES string of the molecule is Cc1cnc(N2CCN(C(=O)c3ccc(N4C(=O)OC[C@H]4C)c(F)c3)CC2)c(C)c1.Cl. The zero-order valence-corrected chi connectivity index (χ0v) is 18.6. The molecule has 0 saturated carbocycles. The second-order valence-electron chi connectivity index (χ2n) is 7.89. The minimum atomic E-state index is -0.607. The number of pyridine rings is 1. The molecule has 7 nitrogen and oxygen atoms in total. The standard InChI is InChI=1S/C22H25FN4O3.ClH/c1-14-10-15(2)20(24-12-14)25-6-8-26(9-7-25)21(28)17-4-5-19(18(23)11-17)27-16(3)13-30-22(27)29;/h4-5,10-12,16H,6-9,13H2,1-3H3;1H/t16-;/m1./s1. The predicted molar refractivity (Wildman–Crippen MR) is 119 cm³/mol. The molecular weight excluding hydrogens is 423 g/mol. The lowest BCUT2D eigenvalue weighted by Crippen LogP contribution is -2.49. The number of aromatic nitrogens is 1. The highest BCUT2D eigenvalue weighted by Gasteiger charge is 2.33. The lowest BCUT2D eigenvalue weighted by atomic mass is 10.1. The normalized spacial score (nSPS) is 18.6. The predicted octanol–water partition coefficient (Wildman–Crippen LogP) is 3.57. The van der Waals surface area contributed by atoms with Crippen LogP contribution in [-0.4, -0.2) is 60.7 Å². The molecule has 2 aliphatic heterocycles. The van der Waals surface area contributed by atoms with E-state index in [2.05, 4.69) is 16.0 Å². The van der Waals surface area contributed by atoms with E-state index in [1.807, 2.05) is 20.0 Å². The molecule has 166 valence electrons. The summed E-state index contributed by atoms with van der Waals surface area (Å²) in [6.07, 6.45) is 1.28. The molecule has 9 heteroatoms. The van der Waals surface area contributed by atoms with Crippen molar-refractivity contribution < 1.29 is 18.7 Å². The highest BCUT2D eigenvalue weighted by molar-refractivity contribution is 5.96. The quantitative estimate of drug-likeness (QED) is 0.718. The number of ether oxygens (including phenoxy) is 1. The summed E-state index contributed by atoms with van der Waals surface area (Å²) in [6.45, 7) is 8.46. The molecule has 0 unspecified atom stereocenters. The number of halogens is 2. The largest absolute Gasteiger partial charge is 0.447 e. The van der Waals surface area contributed by atoms with Gasteiger partial charge in [0.05, 0.1) is 11.7 Å². The highest BCUT2D eigenvalue weighted by Crippen LogP contribution is 2.27. The average Bonchev–Trinajstić information content (AvgIpc) is 3.06. The summed E-state index contributed by atoms with van der Waals surface area (Å²) in [4.78, 5) is 34.4. The van der Waals surface area contributed by atoms with E-state index in [1.165, 1.54) is 17.0 Å². The Morgan fingerprint density at radius 2 is 1.87 bits per heavy atom. The van der Waals surface area contributed by atoms with Crippen molar-refractivity contribution in [1.82, 2.24) is 9.88 Å². The molecule has 0 bridgehead atoms. The molecule has 2 aliphatic rings. The number of hydrogen-bond donors (Lipinski definition) is 0. The van der Waals surface area contributed by atoms with E-state index in [1.54, 1.807) is 17.9 Å². The van der Waals surface area contributed by atoms with Crippen LogP contribution in [0.5, 0.6) is 0 Å². The third-order valence-corrected chi connectivity index (χ3v) is 5.59. The van der Waals surface area contributed by atoms with E-state index in [9.17, 15) is 14.0 Å². The van der Waals surface area contributed by atoms with Crippen molar-refractivity contribution in [3.8, 4) is 0 Å². The van der Waals surface area contributed by atoms with Crippen molar-refractivity contribution in [2.45, 2.75) is 26.8 Å². The lowest BCUT2D eigenvalue weighted by molar-refractivity contribution is 0.0746. The second-order valence-corrected chi connectivity index (χ2v) is 7.89. The van der Waals surface area contributed by atoms with Crippen molar-refractivity contribution in [3.63, 3.8) is 0 Å². The van der Waals surface area contributed by atoms with E-state index < -0.39 is 11.9 Å². The van der Waals surface area contributed by atoms with Gasteiger partial charge in [-0.05, 0) is 50.1 Å². The third kappa shape index (κ3) is 4.44. The molecule has 2 fully saturated rings. The Bertz CT molecular complexity index is 995. The van der Waals surface area contributed by atoms with Gasteiger partial charge < -0.3 is 14.5 Å². The van der Waals surface area contributed by atoms with Crippen LogP contribution in [0.4, 0.5) is 20.7 Å². The summed E-state index contributed by atoms with van der Waals surface area (Å²) in [5.41, 5.74) is 2.64. The Balaban J connectivity index is 0.00000272. The molecule has 4 rings (SSSR count). The van der Waals surface area contributed by atoms with Gasteiger partial charge in [-0.1, -0.05) is 6.07 Å². The van der Waals surface area contributed by atoms with Crippen LogP contribution in [0.25, 0.3) is 0 Å². The van der Waals surface area contributed by atoms with Crippen molar-refractivity contribution in [2.24, 2.45) is 0 Å². The van der Waals surface area contributed by atoms with Crippen molar-refractivity contribution in [1.29, 1.82) is 0 Å². The molecule has 31 heavy (non-hydrogen) atoms. The molecule has 1 aromatic carbocycles. The smallest absolute Gasteiger partial charge is 0.414 e. The number of rotatable bonds is 3. The van der Waals surface area contributed by atoms with E-state index in [0.717, 1.165) is 16.9 Å². The van der Waals surface area contributed by atoms with Gasteiger partial charge in [0.1, 0.15) is 18.2 Å². The summed E-state index contributed by atoms with van der Waals surface area (Å²) in [6, 6.07) is 6.09. The molecule has 3 heterocycles. The maximum absolute atomic E-state index is 14.7. The Kier molecular flexibility index (Phi) is 6.69. The summed E-state index contributed by atoms with van der Waals surface area (Å²) < 4.78 is 19.7. The number of carbonyl (C=O) groups is 2. The number of anilines is 2. The first-order chi connectivity index (χ1) is 14.3. The van der Waals surface area contributed by atoms with Gasteiger partial charge in [0, 0.05) is 37.9 Å². The molecule has 2 amide bonds. The van der Waals surface area contributed by atoms with Crippen LogP contribution < -0.4 is 9.80 Å². The number of aryl methyl sites for hydroxylation is 2. The fourth-order valence-corrected chi connectivity index (χ4v) is 4.03. The first-order valence-electron chi connectivity index (χ1n) is 10.1. The number of amides is 2. The second kappa shape index (κ2) is 9.09. The fraction of sp³-hybridized carbons (Fsp3) is 0.409. The van der Waals surface area contributed by atoms with Gasteiger partial charge in [-0.25, -0.2) is 14.2 Å². The molecule has 0 radical (unpaired) electrons. The van der Waals surface area contributed by atoms with Crippen LogP contribution in [0.15, 0.2) is 30.5 Å². The lowest BCUT2D eigenvalue weighted by Gasteiger charge is -2.36. The number of piperazine rings is 1. The number of carbonyl (C=O) groups excluding carboxylic acids is 2. The molecule has 2 saturated heterocycles. The first kappa shape index (κ1) is 22.8. The van der Waals surface area contributed by atoms with Crippen molar-refractivity contribution >= 4 is 35.9 Å². The van der Waals surface area contributed by atoms with Crippen LogP contribution in [0.3, 0.4) is 0 Å². The monoisotopic (exact) mass is 448 g/mol. The van der Waals surface area contributed by atoms with Crippen LogP contribution in [-0.2, 0) is 4.74 Å². The number of hydrogen-bond acceptors (Lipinski definition) is 5. The third-order valence-electron chi connectivity index (χ3n) is 5.59. The van der Waals surface area contributed by atoms with E-state index >= 15 is 0 Å². The van der Waals surface area contributed by atoms with Crippen LogP contribution in [0.1, 0.15) is 28.4 Å². The van der Waals surface area contributed by atoms with E-state index in [-0.39, 0.29) is 42.2 Å². The summed E-state index contributed by atoms with van der Waals surface area (Å²) in [5, 5.41) is 0. The molecule has 2 aromatic rings. The van der Waals surface area contributed by atoms with E-state index in [0.29, 0.717) is 26.2 Å². The minimum absolute atomic E-state index is 0. The molecular formula is C22H26ClFN4O3. The minimum Gasteiger partial charge on any atom is -0.447 e. The van der Waals surface area contributed by atoms with Gasteiger partial charge in [0.2, 0.25) is 0 Å². The number of cyclic esters (lactones) is 1. The molecule has 0 N–H and O–H groups in total. The van der Waals surface area contributed by atoms with E-state index in [4.69, 9.17) is 4.74 Å². The fourth-order valence-electron chi connectivity index (χ4n) is 4.03. The molecule has 1 atom stereocenters. The maximum atomic E-state index is 14.7. The summed E-state index contributed by atoms with van der Waals surface area (Å²) in [5.74, 6) is 0.116. The molecule has 0 spiro atoms. The van der Waals surface area contributed by atoms with Crippen LogP contribution in [0, 0.1) is 19.7 Å². The first-order valence-corrected chi connectivity index (χ1v) is 10.1. The van der Waals surface area contributed by atoms with Crippen LogP contribution in [0.2, 0.25) is 0 Å². The highest BCUT2D eigenvalue weighted by atomic mass is 35.5. The Morgan fingerprint density at radius 1 is 1.16 bits per heavy atom. The van der Waals surface area contributed by atoms with Crippen molar-refractivity contribution in [2.75, 3.05) is 42.6 Å². The van der Waals surface area contributed by atoms with Gasteiger partial charge in [0.15, 0.2) is 0 Å². The molecule has 0 aliphatic carbocycles. The Labute approximate surface area is 187 Å². The average molecular weight is 449 g/mol. The van der Waals surface area contributed by atoms with Gasteiger partial charge >= 0.3 is 6.09 Å². The number of nitrogens with zero attached hydrogens (tertiary/aromatic N) is 4. The zero-order chi connectivity index (χ0) is 21.4.